The lowest BCUT2D eigenvalue weighted by Gasteiger charge is -1.80. The lowest BCUT2D eigenvalue weighted by Crippen LogP contribution is -1.97. The van der Waals surface area contributed by atoms with Crippen LogP contribution in [0.1, 0.15) is 0 Å². The third kappa shape index (κ3) is 0.485. The lowest BCUT2D eigenvalue weighted by molar-refractivity contribution is 0.433. The van der Waals surface area contributed by atoms with Crippen molar-refractivity contribution in [1.82, 2.24) is 9.61 Å². The molecule has 0 unspecified atom stereocenters. The van der Waals surface area contributed by atoms with Gasteiger partial charge in [0.2, 0.25) is 11.6 Å². The van der Waals surface area contributed by atoms with Crippen LogP contribution in [0.5, 0.6) is 5.88 Å². The average Bonchev–Trinajstić information content (AvgIpc) is 2.35. The van der Waals surface area contributed by atoms with E-state index in [1.54, 1.807) is 0 Å². The summed E-state index contributed by atoms with van der Waals surface area (Å²) >= 11 is 0. The van der Waals surface area contributed by atoms with E-state index in [0.717, 1.165) is 10.8 Å². The van der Waals surface area contributed by atoms with Gasteiger partial charge >= 0.3 is 0 Å². The third-order valence-electron chi connectivity index (χ3n) is 1.21. The van der Waals surface area contributed by atoms with Crippen molar-refractivity contribution in [2.45, 2.75) is 0 Å². The molecule has 0 radical (unpaired) electrons. The molecule has 2 rings (SSSR count). The molecular weight excluding hydrogens is 136 g/mol. The number of nitrogens with zero attached hydrogens (tertiary/aromatic N) is 1. The molecule has 2 aromatic heterocycles. The van der Waals surface area contributed by atoms with Gasteiger partial charge in [0.15, 0.2) is 6.26 Å². The summed E-state index contributed by atoms with van der Waals surface area (Å²) < 4.78 is 5.91. The van der Waals surface area contributed by atoms with E-state index in [1.807, 2.05) is 0 Å². The van der Waals surface area contributed by atoms with Gasteiger partial charge in [0, 0.05) is 0 Å². The van der Waals surface area contributed by atoms with Crippen molar-refractivity contribution in [2.24, 2.45) is 0 Å². The molecular formula is C5H4N2O3. The predicted molar refractivity (Wildman–Crippen MR) is 31.9 cm³/mol. The molecule has 0 amide bonds. The first-order chi connectivity index (χ1) is 4.77. The van der Waals surface area contributed by atoms with Gasteiger partial charge in [-0.2, -0.15) is 4.52 Å². The van der Waals surface area contributed by atoms with Gasteiger partial charge in [0.05, 0.1) is 6.07 Å². The van der Waals surface area contributed by atoms with E-state index in [9.17, 15) is 4.79 Å². The van der Waals surface area contributed by atoms with Gasteiger partial charge in [-0.3, -0.25) is 9.89 Å². The number of oxazole rings is 1. The summed E-state index contributed by atoms with van der Waals surface area (Å²) in [4.78, 5) is 10.6. The Morgan fingerprint density at radius 2 is 2.50 bits per heavy atom. The molecule has 0 atom stereocenters. The molecule has 0 aliphatic heterocycles. The Morgan fingerprint density at radius 1 is 1.70 bits per heavy atom. The number of rotatable bonds is 0. The summed E-state index contributed by atoms with van der Waals surface area (Å²) in [5.41, 5.74) is 0.0113. The molecule has 2 aromatic rings. The topological polar surface area (TPSA) is 70.6 Å². The lowest BCUT2D eigenvalue weighted by atomic mass is 10.7. The quantitative estimate of drug-likeness (QED) is 0.537. The van der Waals surface area contributed by atoms with Crippen LogP contribution in [0.3, 0.4) is 0 Å². The largest absolute Gasteiger partial charge is 0.491 e. The molecule has 52 valence electrons. The van der Waals surface area contributed by atoms with E-state index >= 15 is 0 Å². The molecule has 0 aliphatic carbocycles. The molecule has 10 heavy (non-hydrogen) atoms. The summed E-state index contributed by atoms with van der Waals surface area (Å²) in [5, 5.41) is 11.2. The summed E-state index contributed by atoms with van der Waals surface area (Å²) in [6.07, 6.45) is 1.14. The van der Waals surface area contributed by atoms with Crippen LogP contribution in [0.4, 0.5) is 0 Å². The highest BCUT2D eigenvalue weighted by Crippen LogP contribution is 2.11. The van der Waals surface area contributed by atoms with Gasteiger partial charge in [-0.1, -0.05) is 0 Å². The Kier molecular flexibility index (Phi) is 0.743. The summed E-state index contributed by atoms with van der Waals surface area (Å²) in [5.74, 6) is -0.114. The number of H-pyrrole nitrogens is 1. The van der Waals surface area contributed by atoms with Crippen LogP contribution >= 0.6 is 0 Å². The second-order valence-corrected chi connectivity index (χ2v) is 1.89. The maximum absolute atomic E-state index is 10.6. The van der Waals surface area contributed by atoms with Gasteiger partial charge in [0.25, 0.3) is 5.56 Å². The van der Waals surface area contributed by atoms with Gasteiger partial charge < -0.3 is 9.52 Å². The number of hydrogen-bond donors (Lipinski definition) is 2. The second-order valence-electron chi connectivity index (χ2n) is 1.89. The van der Waals surface area contributed by atoms with Crippen LogP contribution < -0.4 is 5.56 Å². The standard InChI is InChI=1S/C5H4N2O3/c8-3-1-5-7(6-3)4(9)2-10-5/h1-2,9H,(H,6,8). The van der Waals surface area contributed by atoms with Gasteiger partial charge in [0.1, 0.15) is 0 Å². The number of hydrogen-bond acceptors (Lipinski definition) is 3. The van der Waals surface area contributed by atoms with Crippen LogP contribution in [0, 0.1) is 0 Å². The van der Waals surface area contributed by atoms with Gasteiger partial charge in [-0.25, -0.2) is 0 Å². The fourth-order valence-corrected chi connectivity index (χ4v) is 0.797. The first-order valence-corrected chi connectivity index (χ1v) is 2.65. The molecule has 5 heteroatoms. The van der Waals surface area contributed by atoms with Crippen LogP contribution in [-0.2, 0) is 0 Å². The zero-order valence-corrected chi connectivity index (χ0v) is 4.87. The van der Waals surface area contributed by atoms with Crippen molar-refractivity contribution in [1.29, 1.82) is 0 Å². The monoisotopic (exact) mass is 140 g/mol. The van der Waals surface area contributed by atoms with Crippen LogP contribution in [0.15, 0.2) is 21.5 Å². The number of nitrogens with one attached hydrogen (secondary N) is 1. The van der Waals surface area contributed by atoms with Crippen molar-refractivity contribution in [3.05, 3.63) is 22.7 Å². The molecule has 5 nitrogen and oxygen atoms in total. The van der Waals surface area contributed by atoms with Gasteiger partial charge in [-0.05, 0) is 0 Å². The van der Waals surface area contributed by atoms with E-state index < -0.39 is 0 Å². The second kappa shape index (κ2) is 1.44. The fourth-order valence-electron chi connectivity index (χ4n) is 0.797. The van der Waals surface area contributed by atoms with E-state index in [2.05, 4.69) is 5.10 Å². The maximum atomic E-state index is 10.6. The number of aromatic nitrogens is 2. The summed E-state index contributed by atoms with van der Waals surface area (Å²) in [6.45, 7) is 0. The minimum Gasteiger partial charge on any atom is -0.491 e. The average molecular weight is 140 g/mol. The molecule has 0 aromatic carbocycles. The van der Waals surface area contributed by atoms with Gasteiger partial charge in [-0.15, -0.1) is 0 Å². The SMILES string of the molecule is O=c1cc2occ(O)n2[nH]1. The molecule has 0 spiro atoms. The highest BCUT2D eigenvalue weighted by molar-refractivity contribution is 5.34. The Balaban J connectivity index is 3.03. The van der Waals surface area contributed by atoms with E-state index in [4.69, 9.17) is 9.52 Å². The Morgan fingerprint density at radius 3 is 3.20 bits per heavy atom. The minimum absolute atomic E-state index is 0.114. The predicted octanol–water partition coefficient (Wildman–Crippen LogP) is -0.0738. The first-order valence-electron chi connectivity index (χ1n) is 2.65. The molecule has 2 N–H and O–H groups in total. The van der Waals surface area contributed by atoms with Crippen LogP contribution in [-0.4, -0.2) is 14.7 Å². The van der Waals surface area contributed by atoms with Crippen molar-refractivity contribution in [3.63, 3.8) is 0 Å². The zero-order valence-electron chi connectivity index (χ0n) is 4.87. The molecule has 0 saturated carbocycles. The van der Waals surface area contributed by atoms with Crippen molar-refractivity contribution >= 4 is 5.71 Å². The van der Waals surface area contributed by atoms with Crippen LogP contribution in [0.25, 0.3) is 5.71 Å². The summed E-state index contributed by atoms with van der Waals surface area (Å²) in [6, 6.07) is 1.25. The Hall–Kier alpha value is -1.65. The maximum Gasteiger partial charge on any atom is 0.268 e. The van der Waals surface area contributed by atoms with E-state index in [-0.39, 0.29) is 11.4 Å². The molecule has 0 saturated heterocycles. The van der Waals surface area contributed by atoms with E-state index in [0.29, 0.717) is 5.71 Å². The normalized spacial score (nSPS) is 10.8. The first kappa shape index (κ1) is 5.16. The number of aromatic amines is 1. The third-order valence-corrected chi connectivity index (χ3v) is 1.21. The highest BCUT2D eigenvalue weighted by atomic mass is 16.4. The van der Waals surface area contributed by atoms with Crippen molar-refractivity contribution in [2.75, 3.05) is 0 Å². The molecule has 0 aliphatic rings. The number of fused-ring (bicyclic) bond motifs is 1. The fraction of sp³-hybridized carbons (Fsp3) is 0. The highest BCUT2D eigenvalue weighted by Gasteiger charge is 2.02. The molecule has 0 fully saturated rings. The summed E-state index contributed by atoms with van der Waals surface area (Å²) in [7, 11) is 0. The van der Waals surface area contributed by atoms with Crippen molar-refractivity contribution < 1.29 is 9.52 Å². The minimum atomic E-state index is -0.297. The Labute approximate surface area is 54.5 Å². The molecule has 2 heterocycles. The zero-order chi connectivity index (χ0) is 7.14. The van der Waals surface area contributed by atoms with E-state index in [1.165, 1.54) is 6.07 Å². The Bertz CT molecular complexity index is 408. The van der Waals surface area contributed by atoms with Crippen molar-refractivity contribution in [3.8, 4) is 5.88 Å². The molecule has 0 bridgehead atoms. The van der Waals surface area contributed by atoms with Crippen LogP contribution in [0.2, 0.25) is 0 Å². The number of aromatic hydroxyl groups is 1. The smallest absolute Gasteiger partial charge is 0.268 e.